The predicted octanol–water partition coefficient (Wildman–Crippen LogP) is 3.24. The molecule has 0 aliphatic carbocycles. The molecule has 1 heterocycles. The molecule has 0 bridgehead atoms. The Hall–Kier alpha value is -2.31. The maximum Gasteiger partial charge on any atom is 0.419 e. The lowest BCUT2D eigenvalue weighted by atomic mass is 10.1. The Kier molecular flexibility index (Phi) is 3.87. The number of benzene rings is 2. The standard InChI is InChI=1S/C16H12ClNO4S/c1-18-14(11-5-3-2-4-6-11)15(22-16(18)19)12-7-9-13(10-8-12)23(17,20)21/h2-10H,1H3. The van der Waals surface area contributed by atoms with Crippen molar-refractivity contribution >= 4 is 19.7 Å². The second kappa shape index (κ2) is 5.72. The largest absolute Gasteiger partial charge is 0.419 e. The Bertz CT molecular complexity index is 1000. The number of halogens is 1. The Morgan fingerprint density at radius 3 is 2.13 bits per heavy atom. The summed E-state index contributed by atoms with van der Waals surface area (Å²) in [6, 6.07) is 15.2. The van der Waals surface area contributed by atoms with Crippen molar-refractivity contribution in [3.63, 3.8) is 0 Å². The van der Waals surface area contributed by atoms with E-state index in [1.807, 2.05) is 30.3 Å². The summed E-state index contributed by atoms with van der Waals surface area (Å²) in [6.07, 6.45) is 0. The Labute approximate surface area is 137 Å². The summed E-state index contributed by atoms with van der Waals surface area (Å²) in [6.45, 7) is 0. The molecule has 0 radical (unpaired) electrons. The molecule has 0 amide bonds. The summed E-state index contributed by atoms with van der Waals surface area (Å²) in [5.41, 5.74) is 2.03. The van der Waals surface area contributed by atoms with Gasteiger partial charge < -0.3 is 4.42 Å². The van der Waals surface area contributed by atoms with Gasteiger partial charge in [0, 0.05) is 28.9 Å². The van der Waals surface area contributed by atoms with Crippen molar-refractivity contribution in [3.05, 3.63) is 65.1 Å². The van der Waals surface area contributed by atoms with Crippen molar-refractivity contribution in [2.75, 3.05) is 0 Å². The van der Waals surface area contributed by atoms with Crippen LogP contribution in [0.3, 0.4) is 0 Å². The lowest BCUT2D eigenvalue weighted by Crippen LogP contribution is -2.09. The molecule has 0 fully saturated rings. The van der Waals surface area contributed by atoms with E-state index in [4.69, 9.17) is 15.1 Å². The highest BCUT2D eigenvalue weighted by Crippen LogP contribution is 2.31. The molecule has 5 nitrogen and oxygen atoms in total. The van der Waals surface area contributed by atoms with Crippen LogP contribution in [0.5, 0.6) is 0 Å². The molecule has 0 N–H and O–H groups in total. The van der Waals surface area contributed by atoms with Gasteiger partial charge in [-0.2, -0.15) is 0 Å². The quantitative estimate of drug-likeness (QED) is 0.681. The first kappa shape index (κ1) is 15.6. The maximum absolute atomic E-state index is 11.9. The van der Waals surface area contributed by atoms with Gasteiger partial charge in [0.1, 0.15) is 0 Å². The minimum Gasteiger partial charge on any atom is -0.407 e. The normalized spacial score (nSPS) is 11.6. The third-order valence-corrected chi connectivity index (χ3v) is 4.83. The van der Waals surface area contributed by atoms with Crippen LogP contribution in [0.1, 0.15) is 0 Å². The molecule has 118 valence electrons. The summed E-state index contributed by atoms with van der Waals surface area (Å²) in [4.78, 5) is 11.9. The third-order valence-electron chi connectivity index (χ3n) is 3.46. The minimum atomic E-state index is -3.79. The summed E-state index contributed by atoms with van der Waals surface area (Å²) in [7, 11) is 3.14. The van der Waals surface area contributed by atoms with Crippen LogP contribution in [0.25, 0.3) is 22.6 Å². The molecule has 0 spiro atoms. The van der Waals surface area contributed by atoms with E-state index in [2.05, 4.69) is 0 Å². The molecule has 2 aromatic carbocycles. The van der Waals surface area contributed by atoms with Crippen LogP contribution >= 0.6 is 10.7 Å². The SMILES string of the molecule is Cn1c(-c2ccccc2)c(-c2ccc(S(=O)(=O)Cl)cc2)oc1=O. The van der Waals surface area contributed by atoms with Gasteiger partial charge in [-0.1, -0.05) is 30.3 Å². The van der Waals surface area contributed by atoms with Crippen LogP contribution in [-0.2, 0) is 16.1 Å². The molecule has 0 saturated carbocycles. The number of rotatable bonds is 3. The van der Waals surface area contributed by atoms with E-state index in [0.29, 0.717) is 17.0 Å². The molecular formula is C16H12ClNO4S. The molecule has 0 aliphatic rings. The van der Waals surface area contributed by atoms with Gasteiger partial charge in [0.15, 0.2) is 5.76 Å². The van der Waals surface area contributed by atoms with E-state index in [1.54, 1.807) is 19.2 Å². The van der Waals surface area contributed by atoms with Crippen molar-refractivity contribution in [3.8, 4) is 22.6 Å². The topological polar surface area (TPSA) is 69.3 Å². The van der Waals surface area contributed by atoms with E-state index in [-0.39, 0.29) is 4.90 Å². The van der Waals surface area contributed by atoms with Gasteiger partial charge in [-0.25, -0.2) is 13.2 Å². The highest BCUT2D eigenvalue weighted by atomic mass is 35.7. The number of hydrogen-bond acceptors (Lipinski definition) is 4. The summed E-state index contributed by atoms with van der Waals surface area (Å²) in [5, 5.41) is 0. The smallest absolute Gasteiger partial charge is 0.407 e. The predicted molar refractivity (Wildman–Crippen MR) is 87.9 cm³/mol. The monoisotopic (exact) mass is 349 g/mol. The van der Waals surface area contributed by atoms with Gasteiger partial charge in [-0.15, -0.1) is 0 Å². The fourth-order valence-electron chi connectivity index (χ4n) is 2.33. The highest BCUT2D eigenvalue weighted by Gasteiger charge is 2.18. The Morgan fingerprint density at radius 2 is 1.57 bits per heavy atom. The first-order valence-electron chi connectivity index (χ1n) is 6.68. The van der Waals surface area contributed by atoms with Crippen molar-refractivity contribution in [2.24, 2.45) is 7.05 Å². The van der Waals surface area contributed by atoms with Gasteiger partial charge in [-0.05, 0) is 24.3 Å². The van der Waals surface area contributed by atoms with Crippen molar-refractivity contribution in [1.82, 2.24) is 4.57 Å². The van der Waals surface area contributed by atoms with E-state index in [9.17, 15) is 13.2 Å². The first-order chi connectivity index (χ1) is 10.9. The van der Waals surface area contributed by atoms with Gasteiger partial charge in [-0.3, -0.25) is 4.57 Å². The Morgan fingerprint density at radius 1 is 0.957 bits per heavy atom. The summed E-state index contributed by atoms with van der Waals surface area (Å²) >= 11 is 0. The highest BCUT2D eigenvalue weighted by molar-refractivity contribution is 8.13. The third kappa shape index (κ3) is 2.95. The van der Waals surface area contributed by atoms with Gasteiger partial charge in [0.2, 0.25) is 0 Å². The van der Waals surface area contributed by atoms with Crippen LogP contribution in [-0.4, -0.2) is 13.0 Å². The van der Waals surface area contributed by atoms with E-state index in [0.717, 1.165) is 5.56 Å². The Balaban J connectivity index is 2.18. The van der Waals surface area contributed by atoms with Crippen molar-refractivity contribution < 1.29 is 12.8 Å². The van der Waals surface area contributed by atoms with Crippen molar-refractivity contribution in [2.45, 2.75) is 4.90 Å². The second-order valence-electron chi connectivity index (χ2n) is 4.93. The zero-order valence-electron chi connectivity index (χ0n) is 12.1. The number of oxazole rings is 1. The summed E-state index contributed by atoms with van der Waals surface area (Å²) < 4.78 is 29.4. The number of hydrogen-bond donors (Lipinski definition) is 0. The lowest BCUT2D eigenvalue weighted by Gasteiger charge is -2.05. The molecule has 7 heteroatoms. The summed E-state index contributed by atoms with van der Waals surface area (Å²) in [5.74, 6) is -0.116. The van der Waals surface area contributed by atoms with Gasteiger partial charge in [0.05, 0.1) is 10.6 Å². The van der Waals surface area contributed by atoms with Gasteiger partial charge in [0.25, 0.3) is 9.05 Å². The van der Waals surface area contributed by atoms with Crippen LogP contribution in [0.15, 0.2) is 68.7 Å². The maximum atomic E-state index is 11.9. The van der Waals surface area contributed by atoms with Crippen LogP contribution < -0.4 is 5.76 Å². The number of nitrogens with zero attached hydrogens (tertiary/aromatic N) is 1. The zero-order chi connectivity index (χ0) is 16.6. The van der Waals surface area contributed by atoms with Crippen molar-refractivity contribution in [1.29, 1.82) is 0 Å². The average Bonchev–Trinajstić information content (AvgIpc) is 2.83. The molecule has 3 aromatic rings. The van der Waals surface area contributed by atoms with E-state index >= 15 is 0 Å². The van der Waals surface area contributed by atoms with E-state index < -0.39 is 14.8 Å². The molecular weight excluding hydrogens is 338 g/mol. The molecule has 0 atom stereocenters. The van der Waals surface area contributed by atoms with Crippen LogP contribution in [0, 0.1) is 0 Å². The molecule has 0 unspecified atom stereocenters. The molecule has 1 aromatic heterocycles. The molecule has 3 rings (SSSR count). The molecule has 0 saturated heterocycles. The van der Waals surface area contributed by atoms with Gasteiger partial charge >= 0.3 is 5.76 Å². The fourth-order valence-corrected chi connectivity index (χ4v) is 3.10. The fraction of sp³-hybridized carbons (Fsp3) is 0.0625. The van der Waals surface area contributed by atoms with Crippen LogP contribution in [0.2, 0.25) is 0 Å². The minimum absolute atomic E-state index is 0.0116. The zero-order valence-corrected chi connectivity index (χ0v) is 13.6. The molecule has 0 aliphatic heterocycles. The van der Waals surface area contributed by atoms with Crippen LogP contribution in [0.4, 0.5) is 0 Å². The number of aromatic nitrogens is 1. The lowest BCUT2D eigenvalue weighted by molar-refractivity contribution is 0.505. The second-order valence-corrected chi connectivity index (χ2v) is 7.50. The first-order valence-corrected chi connectivity index (χ1v) is 8.99. The van der Waals surface area contributed by atoms with E-state index in [1.165, 1.54) is 16.7 Å². The average molecular weight is 350 g/mol. The molecule has 23 heavy (non-hydrogen) atoms.